The van der Waals surface area contributed by atoms with Crippen molar-refractivity contribution >= 4 is 67.6 Å². The van der Waals surface area contributed by atoms with E-state index in [1.807, 2.05) is 48.4 Å². The van der Waals surface area contributed by atoms with E-state index in [1.165, 1.54) is 17.1 Å². The molecule has 0 spiro atoms. The summed E-state index contributed by atoms with van der Waals surface area (Å²) in [7, 11) is 1.84. The topological polar surface area (TPSA) is 49.4 Å². The van der Waals surface area contributed by atoms with Crippen LogP contribution in [-0.4, -0.2) is 28.7 Å². The molecular weight excluding hydrogens is 579 g/mol. The fourth-order valence-electron chi connectivity index (χ4n) is 3.20. The molecule has 2 aromatic rings. The van der Waals surface area contributed by atoms with Gasteiger partial charge in [-0.2, -0.15) is 0 Å². The highest BCUT2D eigenvalue weighted by molar-refractivity contribution is 14.1. The summed E-state index contributed by atoms with van der Waals surface area (Å²) in [5.41, 5.74) is 4.13. The van der Waals surface area contributed by atoms with Crippen LogP contribution in [0.25, 0.3) is 11.1 Å². The second kappa shape index (κ2) is 10.9. The molecule has 0 radical (unpaired) electrons. The molecule has 0 saturated heterocycles. The van der Waals surface area contributed by atoms with E-state index in [-0.39, 0.29) is 29.5 Å². The van der Waals surface area contributed by atoms with Crippen LogP contribution in [0.2, 0.25) is 5.02 Å². The summed E-state index contributed by atoms with van der Waals surface area (Å²) >= 11 is 11.9. The van der Waals surface area contributed by atoms with Crippen molar-refractivity contribution in [3.63, 3.8) is 0 Å². The Labute approximate surface area is 203 Å². The van der Waals surface area contributed by atoms with Crippen LogP contribution in [0.1, 0.15) is 5.56 Å². The summed E-state index contributed by atoms with van der Waals surface area (Å²) in [5, 5.41) is 3.77. The van der Waals surface area contributed by atoms with Crippen LogP contribution in [0, 0.1) is 0 Å². The summed E-state index contributed by atoms with van der Waals surface area (Å²) in [6.07, 6.45) is 2.80. The predicted octanol–water partition coefficient (Wildman–Crippen LogP) is 6.40. The van der Waals surface area contributed by atoms with Crippen LogP contribution in [0.5, 0.6) is 0 Å². The third-order valence-corrected chi connectivity index (χ3v) is 5.20. The van der Waals surface area contributed by atoms with Crippen LogP contribution in [0.15, 0.2) is 77.3 Å². The standard InChI is InChI=1S/C22H18BrClN2O2.CH3I/c1-4-17-18(5-2)22(28)26(21(17)27)12-13-8-14(10-15(23)9-13)19-11-16(24)6-7-20(19)25-3;1-2/h4-11,25H,1-2,12H2,3H3;1H3. The molecule has 2 amide bonds. The minimum atomic E-state index is -0.366. The number of hydrogen-bond acceptors (Lipinski definition) is 3. The zero-order chi connectivity index (χ0) is 22.4. The Morgan fingerprint density at radius 2 is 1.67 bits per heavy atom. The molecule has 3 rings (SSSR count). The van der Waals surface area contributed by atoms with Gasteiger partial charge >= 0.3 is 0 Å². The summed E-state index contributed by atoms with van der Waals surface area (Å²) in [4.78, 5) is 28.4. The Hall–Kier alpha value is -1.90. The van der Waals surface area contributed by atoms with Crippen molar-refractivity contribution in [1.29, 1.82) is 0 Å². The second-order valence-electron chi connectivity index (χ2n) is 6.22. The van der Waals surface area contributed by atoms with E-state index >= 15 is 0 Å². The predicted molar refractivity (Wildman–Crippen MR) is 137 cm³/mol. The van der Waals surface area contributed by atoms with Crippen molar-refractivity contribution in [3.05, 3.63) is 87.9 Å². The molecule has 0 unspecified atom stereocenters. The molecule has 0 aromatic heterocycles. The van der Waals surface area contributed by atoms with Gasteiger partial charge in [0.1, 0.15) is 0 Å². The number of nitrogens with zero attached hydrogens (tertiary/aromatic N) is 1. The fraction of sp³-hybridized carbons (Fsp3) is 0.130. The average molecular weight is 600 g/mol. The molecular formula is C23H21BrClIN2O2. The van der Waals surface area contributed by atoms with Crippen molar-refractivity contribution in [2.45, 2.75) is 6.54 Å². The largest absolute Gasteiger partial charge is 0.388 e. The molecule has 0 saturated carbocycles. The lowest BCUT2D eigenvalue weighted by Crippen LogP contribution is -2.31. The number of benzene rings is 2. The first kappa shape index (κ1) is 24.4. The summed E-state index contributed by atoms with van der Waals surface area (Å²) in [5.74, 6) is -0.731. The first-order valence-corrected chi connectivity index (χ1v) is 12.2. The fourth-order valence-corrected chi connectivity index (χ4v) is 3.92. The SMILES string of the molecule is C=CC1=C(C=C)C(=O)N(Cc2cc(Br)cc(-c3cc(Cl)ccc3NC)c2)C1=O.CI. The van der Waals surface area contributed by atoms with Crippen LogP contribution in [-0.2, 0) is 16.1 Å². The summed E-state index contributed by atoms with van der Waals surface area (Å²) < 4.78 is 0.835. The molecule has 0 atom stereocenters. The number of nitrogens with one attached hydrogen (secondary N) is 1. The number of imide groups is 1. The smallest absolute Gasteiger partial charge is 0.261 e. The average Bonchev–Trinajstić information content (AvgIpc) is 2.98. The normalized spacial score (nSPS) is 13.2. The van der Waals surface area contributed by atoms with Crippen LogP contribution in [0.3, 0.4) is 0 Å². The highest BCUT2D eigenvalue weighted by Crippen LogP contribution is 2.34. The van der Waals surface area contributed by atoms with Crippen molar-refractivity contribution in [2.75, 3.05) is 17.3 Å². The molecule has 2 aromatic carbocycles. The van der Waals surface area contributed by atoms with E-state index in [0.29, 0.717) is 5.02 Å². The van der Waals surface area contributed by atoms with Gasteiger partial charge in [0.15, 0.2) is 0 Å². The van der Waals surface area contributed by atoms with E-state index in [1.54, 1.807) is 0 Å². The lowest BCUT2D eigenvalue weighted by atomic mass is 10.0. The number of carbonyl (C=O) groups excluding carboxylic acids is 2. The molecule has 0 aliphatic carbocycles. The maximum atomic E-state index is 12.6. The van der Waals surface area contributed by atoms with Crippen LogP contribution < -0.4 is 5.32 Å². The third-order valence-electron chi connectivity index (χ3n) is 4.51. The van der Waals surface area contributed by atoms with Gasteiger partial charge in [0, 0.05) is 27.8 Å². The summed E-state index contributed by atoms with van der Waals surface area (Å²) in [6, 6.07) is 11.4. The van der Waals surface area contributed by atoms with Crippen LogP contribution >= 0.6 is 50.1 Å². The Bertz CT molecular complexity index is 1020. The maximum Gasteiger partial charge on any atom is 0.261 e. The number of carbonyl (C=O) groups is 2. The molecule has 156 valence electrons. The third kappa shape index (κ3) is 5.04. The van der Waals surface area contributed by atoms with E-state index in [2.05, 4.69) is 57.0 Å². The van der Waals surface area contributed by atoms with E-state index < -0.39 is 0 Å². The van der Waals surface area contributed by atoms with Gasteiger partial charge in [-0.1, -0.05) is 75.4 Å². The first-order valence-electron chi connectivity index (χ1n) is 8.90. The van der Waals surface area contributed by atoms with Gasteiger partial charge in [0.2, 0.25) is 0 Å². The van der Waals surface area contributed by atoms with Crippen molar-refractivity contribution in [1.82, 2.24) is 4.90 Å². The number of alkyl halides is 1. The maximum absolute atomic E-state index is 12.6. The van der Waals surface area contributed by atoms with Gasteiger partial charge in [-0.3, -0.25) is 14.5 Å². The Kier molecular flexibility index (Phi) is 8.88. The molecule has 7 heteroatoms. The number of hydrogen-bond donors (Lipinski definition) is 1. The van der Waals surface area contributed by atoms with Gasteiger partial charge in [-0.15, -0.1) is 0 Å². The Morgan fingerprint density at radius 3 is 2.20 bits per heavy atom. The lowest BCUT2D eigenvalue weighted by molar-refractivity contribution is -0.138. The van der Waals surface area contributed by atoms with Crippen LogP contribution in [0.4, 0.5) is 5.69 Å². The number of halogens is 3. The molecule has 0 bridgehead atoms. The number of anilines is 1. The van der Waals surface area contributed by atoms with Gasteiger partial charge < -0.3 is 5.32 Å². The van der Waals surface area contributed by atoms with Crippen molar-refractivity contribution in [2.24, 2.45) is 0 Å². The number of amides is 2. The van der Waals surface area contributed by atoms with Crippen molar-refractivity contribution in [3.8, 4) is 11.1 Å². The van der Waals surface area contributed by atoms with E-state index in [9.17, 15) is 9.59 Å². The lowest BCUT2D eigenvalue weighted by Gasteiger charge is -2.17. The Morgan fingerprint density at radius 1 is 1.07 bits per heavy atom. The quantitative estimate of drug-likeness (QED) is 0.238. The molecule has 1 aliphatic heterocycles. The van der Waals surface area contributed by atoms with Gasteiger partial charge in [-0.25, -0.2) is 0 Å². The number of rotatable bonds is 6. The zero-order valence-corrected chi connectivity index (χ0v) is 21.1. The molecule has 1 aliphatic rings. The molecule has 4 nitrogen and oxygen atoms in total. The van der Waals surface area contributed by atoms with Gasteiger partial charge in [-0.05, 0) is 52.5 Å². The van der Waals surface area contributed by atoms with Gasteiger partial charge in [0.05, 0.1) is 17.7 Å². The zero-order valence-electron chi connectivity index (χ0n) is 16.6. The molecule has 0 fully saturated rings. The highest BCUT2D eigenvalue weighted by atomic mass is 127. The Balaban J connectivity index is 0.00000155. The molecule has 30 heavy (non-hydrogen) atoms. The first-order chi connectivity index (χ1) is 14.4. The minimum absolute atomic E-state index is 0.147. The minimum Gasteiger partial charge on any atom is -0.388 e. The van der Waals surface area contributed by atoms with Crippen molar-refractivity contribution < 1.29 is 9.59 Å². The monoisotopic (exact) mass is 598 g/mol. The molecule has 1 N–H and O–H groups in total. The van der Waals surface area contributed by atoms with E-state index in [0.717, 1.165) is 26.9 Å². The highest BCUT2D eigenvalue weighted by Gasteiger charge is 2.35. The second-order valence-corrected chi connectivity index (χ2v) is 7.57. The molecule has 1 heterocycles. The van der Waals surface area contributed by atoms with Gasteiger partial charge in [0.25, 0.3) is 11.8 Å². The summed E-state index contributed by atoms with van der Waals surface area (Å²) in [6.45, 7) is 7.41. The van der Waals surface area contributed by atoms with E-state index in [4.69, 9.17) is 11.6 Å².